The highest BCUT2D eigenvalue weighted by molar-refractivity contribution is 5.19. The summed E-state index contributed by atoms with van der Waals surface area (Å²) in [5, 5.41) is 13.9. The number of aromatic nitrogens is 2. The van der Waals surface area contributed by atoms with Gasteiger partial charge in [0.05, 0.1) is 19.2 Å². The van der Waals surface area contributed by atoms with E-state index in [2.05, 4.69) is 34.7 Å². The molecular formula is C10H20N4O2. The van der Waals surface area contributed by atoms with Crippen LogP contribution in [0.3, 0.4) is 0 Å². The van der Waals surface area contributed by atoms with Crippen molar-refractivity contribution in [1.29, 1.82) is 0 Å². The van der Waals surface area contributed by atoms with Crippen molar-refractivity contribution < 1.29 is 9.15 Å². The molecule has 0 saturated heterocycles. The lowest BCUT2D eigenvalue weighted by Crippen LogP contribution is -2.30. The largest absolute Gasteiger partial charge is 0.407 e. The Morgan fingerprint density at radius 2 is 2.12 bits per heavy atom. The highest BCUT2D eigenvalue weighted by atomic mass is 16.5. The van der Waals surface area contributed by atoms with Crippen molar-refractivity contribution in [2.45, 2.75) is 26.4 Å². The van der Waals surface area contributed by atoms with Crippen LogP contribution in [0.4, 0.5) is 6.01 Å². The minimum absolute atomic E-state index is 0.174. The van der Waals surface area contributed by atoms with Gasteiger partial charge < -0.3 is 19.8 Å². The van der Waals surface area contributed by atoms with Crippen LogP contribution in [0.5, 0.6) is 0 Å². The number of hydrogen-bond donors (Lipinski definition) is 2. The number of hydrogen-bond acceptors (Lipinski definition) is 6. The quantitative estimate of drug-likeness (QED) is 0.721. The van der Waals surface area contributed by atoms with Crippen molar-refractivity contribution in [1.82, 2.24) is 15.5 Å². The van der Waals surface area contributed by atoms with E-state index in [1.807, 2.05) is 7.05 Å². The molecular weight excluding hydrogens is 208 g/mol. The Balaban J connectivity index is 2.55. The maximum absolute atomic E-state index is 5.40. The van der Waals surface area contributed by atoms with Gasteiger partial charge >= 0.3 is 6.01 Å². The molecule has 1 heterocycles. The van der Waals surface area contributed by atoms with Crippen LogP contribution in [0.15, 0.2) is 4.42 Å². The summed E-state index contributed by atoms with van der Waals surface area (Å²) in [4.78, 5) is 0. The van der Waals surface area contributed by atoms with E-state index in [1.165, 1.54) is 0 Å². The van der Waals surface area contributed by atoms with Crippen LogP contribution in [0, 0.1) is 5.92 Å². The number of methoxy groups -OCH3 is 1. The van der Waals surface area contributed by atoms with Gasteiger partial charge in [-0.25, -0.2) is 0 Å². The summed E-state index contributed by atoms with van der Waals surface area (Å²) in [6.07, 6.45) is 0. The molecule has 0 spiro atoms. The number of anilines is 1. The lowest BCUT2D eigenvalue weighted by atomic mass is 10.1. The highest BCUT2D eigenvalue weighted by Gasteiger charge is 2.16. The second-order valence-electron chi connectivity index (χ2n) is 3.98. The monoisotopic (exact) mass is 228 g/mol. The van der Waals surface area contributed by atoms with Crippen LogP contribution in [-0.2, 0) is 11.3 Å². The first-order chi connectivity index (χ1) is 7.67. The second-order valence-corrected chi connectivity index (χ2v) is 3.98. The minimum atomic E-state index is 0.174. The van der Waals surface area contributed by atoms with Gasteiger partial charge in [0.15, 0.2) is 0 Å². The third kappa shape index (κ3) is 3.79. The average Bonchev–Trinajstić information content (AvgIpc) is 2.65. The van der Waals surface area contributed by atoms with Crippen molar-refractivity contribution in [3.05, 3.63) is 5.89 Å². The fraction of sp³-hybridized carbons (Fsp3) is 0.800. The van der Waals surface area contributed by atoms with Gasteiger partial charge in [-0.15, -0.1) is 5.10 Å². The van der Waals surface area contributed by atoms with Crippen LogP contribution < -0.4 is 10.6 Å². The Morgan fingerprint density at radius 1 is 1.38 bits per heavy atom. The van der Waals surface area contributed by atoms with Crippen molar-refractivity contribution >= 4 is 6.01 Å². The maximum atomic E-state index is 5.40. The fourth-order valence-corrected chi connectivity index (χ4v) is 1.27. The number of ether oxygens (including phenoxy) is 1. The molecule has 0 aliphatic carbocycles. The summed E-state index contributed by atoms with van der Waals surface area (Å²) < 4.78 is 10.5. The smallest absolute Gasteiger partial charge is 0.315 e. The summed E-state index contributed by atoms with van der Waals surface area (Å²) in [7, 11) is 3.51. The molecule has 2 N–H and O–H groups in total. The molecule has 92 valence electrons. The minimum Gasteiger partial charge on any atom is -0.407 e. The summed E-state index contributed by atoms with van der Waals surface area (Å²) in [6.45, 7) is 5.41. The van der Waals surface area contributed by atoms with Gasteiger partial charge in [0.1, 0.15) is 0 Å². The third-order valence-electron chi connectivity index (χ3n) is 2.25. The summed E-state index contributed by atoms with van der Waals surface area (Å²) >= 11 is 0. The average molecular weight is 228 g/mol. The summed E-state index contributed by atoms with van der Waals surface area (Å²) in [6, 6.07) is 0.619. The molecule has 6 heteroatoms. The molecule has 1 atom stereocenters. The standard InChI is InChI=1S/C10H20N4O2/c1-7(2)8(6-15-4)12-10-14-13-9(16-10)5-11-3/h7-8,11H,5-6H2,1-4H3,(H,12,14). The third-order valence-corrected chi connectivity index (χ3v) is 2.25. The first kappa shape index (κ1) is 12.9. The normalized spacial score (nSPS) is 13.1. The molecule has 0 fully saturated rings. The topological polar surface area (TPSA) is 72.2 Å². The van der Waals surface area contributed by atoms with Crippen LogP contribution in [0.1, 0.15) is 19.7 Å². The second kappa shape index (κ2) is 6.44. The van der Waals surface area contributed by atoms with Crippen molar-refractivity contribution in [3.8, 4) is 0 Å². The maximum Gasteiger partial charge on any atom is 0.315 e. The number of rotatable bonds is 7. The number of nitrogens with zero attached hydrogens (tertiary/aromatic N) is 2. The van der Waals surface area contributed by atoms with Crippen molar-refractivity contribution in [3.63, 3.8) is 0 Å². The van der Waals surface area contributed by atoms with E-state index in [0.717, 1.165) is 0 Å². The zero-order chi connectivity index (χ0) is 12.0. The molecule has 0 aliphatic heterocycles. The SMILES string of the molecule is CNCc1nnc(NC(COC)C(C)C)o1. The molecule has 0 bridgehead atoms. The first-order valence-electron chi connectivity index (χ1n) is 5.39. The van der Waals surface area contributed by atoms with Crippen molar-refractivity contribution in [2.75, 3.05) is 26.1 Å². The Hall–Kier alpha value is -1.14. The zero-order valence-electron chi connectivity index (χ0n) is 10.3. The van der Waals surface area contributed by atoms with E-state index >= 15 is 0 Å². The van der Waals surface area contributed by atoms with Gasteiger partial charge in [0, 0.05) is 7.11 Å². The van der Waals surface area contributed by atoms with Crippen LogP contribution in [0.2, 0.25) is 0 Å². The molecule has 0 aliphatic rings. The van der Waals surface area contributed by atoms with Crippen LogP contribution in [0.25, 0.3) is 0 Å². The Labute approximate surface area is 95.8 Å². The van der Waals surface area contributed by atoms with E-state index < -0.39 is 0 Å². The molecule has 6 nitrogen and oxygen atoms in total. The molecule has 0 aromatic carbocycles. The van der Waals surface area contributed by atoms with Crippen LogP contribution in [-0.4, -0.2) is 37.0 Å². The predicted octanol–water partition coefficient (Wildman–Crippen LogP) is 0.872. The Kier molecular flexibility index (Phi) is 5.21. The summed E-state index contributed by atoms with van der Waals surface area (Å²) in [5.74, 6) is 1.00. The lowest BCUT2D eigenvalue weighted by Gasteiger charge is -2.19. The summed E-state index contributed by atoms with van der Waals surface area (Å²) in [5.41, 5.74) is 0. The van der Waals surface area contributed by atoms with Gasteiger partial charge in [-0.3, -0.25) is 0 Å². The van der Waals surface area contributed by atoms with E-state index in [9.17, 15) is 0 Å². The molecule has 0 saturated carbocycles. The van der Waals surface area contributed by atoms with E-state index in [1.54, 1.807) is 7.11 Å². The van der Waals surface area contributed by atoms with Gasteiger partial charge in [-0.2, -0.15) is 0 Å². The van der Waals surface area contributed by atoms with Gasteiger partial charge in [0.2, 0.25) is 5.89 Å². The zero-order valence-corrected chi connectivity index (χ0v) is 10.3. The Bertz CT molecular complexity index is 301. The van der Waals surface area contributed by atoms with Gasteiger partial charge in [-0.1, -0.05) is 18.9 Å². The predicted molar refractivity (Wildman–Crippen MR) is 61.2 cm³/mol. The van der Waals surface area contributed by atoms with Gasteiger partial charge in [0.25, 0.3) is 0 Å². The van der Waals surface area contributed by atoms with E-state index in [4.69, 9.17) is 9.15 Å². The molecule has 0 amide bonds. The molecule has 1 unspecified atom stereocenters. The lowest BCUT2D eigenvalue weighted by molar-refractivity contribution is 0.170. The molecule has 1 rings (SSSR count). The Morgan fingerprint density at radius 3 is 2.69 bits per heavy atom. The molecule has 16 heavy (non-hydrogen) atoms. The highest BCUT2D eigenvalue weighted by Crippen LogP contribution is 2.11. The van der Waals surface area contributed by atoms with Crippen molar-refractivity contribution in [2.24, 2.45) is 5.92 Å². The molecule has 1 aromatic heterocycles. The van der Waals surface area contributed by atoms with E-state index in [0.29, 0.717) is 31.0 Å². The van der Waals surface area contributed by atoms with Crippen LogP contribution >= 0.6 is 0 Å². The van der Waals surface area contributed by atoms with Gasteiger partial charge in [-0.05, 0) is 13.0 Å². The van der Waals surface area contributed by atoms with E-state index in [-0.39, 0.29) is 6.04 Å². The first-order valence-corrected chi connectivity index (χ1v) is 5.39. The molecule has 1 aromatic rings. The molecule has 0 radical (unpaired) electrons. The number of nitrogens with one attached hydrogen (secondary N) is 2. The fourth-order valence-electron chi connectivity index (χ4n) is 1.27.